The van der Waals surface area contributed by atoms with Crippen LogP contribution in [-0.2, 0) is 16.1 Å². The Kier molecular flexibility index (Phi) is 9.78. The van der Waals surface area contributed by atoms with E-state index in [0.717, 1.165) is 29.9 Å². The molecular weight excluding hydrogens is 489 g/mol. The lowest BCUT2D eigenvalue weighted by atomic mass is 9.86. The second-order valence-corrected chi connectivity index (χ2v) is 10.7. The minimum absolute atomic E-state index is 0.0582. The van der Waals surface area contributed by atoms with Gasteiger partial charge in [-0.3, -0.25) is 10.1 Å². The van der Waals surface area contributed by atoms with Crippen molar-refractivity contribution in [1.29, 1.82) is 0 Å². The number of nitrogens with zero attached hydrogens (tertiary/aromatic N) is 2. The first-order chi connectivity index (χ1) is 15.8. The fourth-order valence-corrected chi connectivity index (χ4v) is 5.47. The molecular formula is C22H27ClFN3O4S2. The molecule has 0 unspecified atom stereocenters. The van der Waals surface area contributed by atoms with Crippen LogP contribution in [-0.4, -0.2) is 51.9 Å². The summed E-state index contributed by atoms with van der Waals surface area (Å²) in [6.45, 7) is 3.16. The van der Waals surface area contributed by atoms with Gasteiger partial charge >= 0.3 is 12.0 Å². The maximum absolute atomic E-state index is 13.2. The van der Waals surface area contributed by atoms with Gasteiger partial charge < -0.3 is 14.7 Å². The highest BCUT2D eigenvalue weighted by Crippen LogP contribution is 2.30. The van der Waals surface area contributed by atoms with Gasteiger partial charge in [0.2, 0.25) is 0 Å². The van der Waals surface area contributed by atoms with Crippen molar-refractivity contribution in [1.82, 2.24) is 9.88 Å². The number of thiazole rings is 1. The number of benzene rings is 1. The van der Waals surface area contributed by atoms with Gasteiger partial charge in [0.25, 0.3) is 0 Å². The molecule has 33 heavy (non-hydrogen) atoms. The maximum Gasteiger partial charge on any atom is 0.323 e. The predicted octanol–water partition coefficient (Wildman–Crippen LogP) is 5.74. The van der Waals surface area contributed by atoms with E-state index in [0.29, 0.717) is 34.8 Å². The van der Waals surface area contributed by atoms with Gasteiger partial charge in [-0.2, -0.15) is 0 Å². The Morgan fingerprint density at radius 1 is 1.36 bits per heavy atom. The molecule has 180 valence electrons. The number of carboxylic acid groups (broad SMARTS) is 1. The van der Waals surface area contributed by atoms with Crippen molar-refractivity contribution in [3.8, 4) is 0 Å². The largest absolute Gasteiger partial charge is 0.481 e. The highest BCUT2D eigenvalue weighted by molar-refractivity contribution is 8.01. The third kappa shape index (κ3) is 8.13. The number of aromatic nitrogens is 1. The van der Waals surface area contributed by atoms with Crippen LogP contribution in [0, 0.1) is 11.7 Å². The van der Waals surface area contributed by atoms with Crippen LogP contribution >= 0.6 is 34.7 Å². The highest BCUT2D eigenvalue weighted by atomic mass is 35.5. The Morgan fingerprint density at radius 2 is 2.12 bits per heavy atom. The molecule has 2 N–H and O–H groups in total. The summed E-state index contributed by atoms with van der Waals surface area (Å²) in [5.41, 5.74) is 0.690. The number of hydrogen-bond acceptors (Lipinski definition) is 6. The molecule has 1 aliphatic rings. The predicted molar refractivity (Wildman–Crippen MR) is 129 cm³/mol. The van der Waals surface area contributed by atoms with Crippen LogP contribution in [0.25, 0.3) is 0 Å². The molecule has 0 spiro atoms. The van der Waals surface area contributed by atoms with Crippen LogP contribution in [0.1, 0.15) is 38.2 Å². The maximum atomic E-state index is 13.2. The van der Waals surface area contributed by atoms with Gasteiger partial charge in [-0.25, -0.2) is 14.2 Å². The molecule has 2 aromatic rings. The number of carbonyl (C=O) groups is 2. The van der Waals surface area contributed by atoms with E-state index < -0.39 is 11.8 Å². The number of aliphatic carboxylic acids is 1. The second-order valence-electron chi connectivity index (χ2n) is 7.99. The first-order valence-corrected chi connectivity index (χ1v) is 12.9. The average Bonchev–Trinajstić information content (AvgIpc) is 3.21. The number of amides is 2. The number of ether oxygens (including phenoxy) is 1. The molecule has 0 atom stereocenters. The summed E-state index contributed by atoms with van der Waals surface area (Å²) in [7, 11) is 0. The molecule has 0 aliphatic heterocycles. The number of carbonyl (C=O) groups excluding carboxylic acids is 1. The number of halogens is 2. The summed E-state index contributed by atoms with van der Waals surface area (Å²) in [6.07, 6.45) is 5.55. The summed E-state index contributed by atoms with van der Waals surface area (Å²) in [5.74, 6) is -0.712. The van der Waals surface area contributed by atoms with E-state index in [1.165, 1.54) is 35.2 Å². The number of nitrogens with one attached hydrogen (secondary N) is 1. The summed E-state index contributed by atoms with van der Waals surface area (Å²) < 4.78 is 19.7. The first-order valence-electron chi connectivity index (χ1n) is 10.7. The van der Waals surface area contributed by atoms with Crippen LogP contribution in [0.15, 0.2) is 28.6 Å². The Bertz CT molecular complexity index is 953. The summed E-state index contributed by atoms with van der Waals surface area (Å²) >= 11 is 8.47. The molecule has 2 amide bonds. The molecule has 0 bridgehead atoms. The zero-order chi connectivity index (χ0) is 23.8. The standard InChI is InChI=1S/C22H27ClFN3O4S2/c1-14-2-6-17(7-3-14)27(8-9-31-12-15-4-5-16(24)10-18(15)23)22(30)26-21-25-11-20(33-21)32-13-19(28)29/h4-5,10-11,14,17H,2-3,6-9,12-13H2,1H3,(H,28,29)(H,25,26,30)/t14-,17-. The summed E-state index contributed by atoms with van der Waals surface area (Å²) in [6, 6.07) is 4.04. The number of rotatable bonds is 10. The lowest BCUT2D eigenvalue weighted by Gasteiger charge is -2.36. The van der Waals surface area contributed by atoms with Gasteiger partial charge in [-0.1, -0.05) is 35.9 Å². The van der Waals surface area contributed by atoms with Crippen LogP contribution < -0.4 is 5.32 Å². The number of thioether (sulfide) groups is 1. The normalized spacial score (nSPS) is 18.2. The topological polar surface area (TPSA) is 91.8 Å². The third-order valence-corrected chi connectivity index (χ3v) is 7.92. The Hall–Kier alpha value is -1.88. The zero-order valence-electron chi connectivity index (χ0n) is 18.3. The van der Waals surface area contributed by atoms with Crippen molar-refractivity contribution in [2.24, 2.45) is 5.92 Å². The van der Waals surface area contributed by atoms with Gasteiger partial charge in [0.15, 0.2) is 5.13 Å². The van der Waals surface area contributed by atoms with Crippen LogP contribution in [0.2, 0.25) is 5.02 Å². The number of hydrogen-bond donors (Lipinski definition) is 2. The Balaban J connectivity index is 1.57. The van der Waals surface area contributed by atoms with E-state index in [1.807, 2.05) is 0 Å². The van der Waals surface area contributed by atoms with Crippen molar-refractivity contribution >= 4 is 51.8 Å². The number of anilines is 1. The fourth-order valence-electron chi connectivity index (χ4n) is 3.67. The molecule has 1 aromatic carbocycles. The highest BCUT2D eigenvalue weighted by Gasteiger charge is 2.28. The molecule has 1 aromatic heterocycles. The molecule has 0 saturated heterocycles. The van der Waals surface area contributed by atoms with Gasteiger partial charge in [0.1, 0.15) is 5.82 Å². The molecule has 1 aliphatic carbocycles. The monoisotopic (exact) mass is 515 g/mol. The van der Waals surface area contributed by atoms with Crippen molar-refractivity contribution in [3.63, 3.8) is 0 Å². The van der Waals surface area contributed by atoms with E-state index in [1.54, 1.807) is 17.2 Å². The smallest absolute Gasteiger partial charge is 0.323 e. The molecule has 7 nitrogen and oxygen atoms in total. The van der Waals surface area contributed by atoms with Crippen LogP contribution in [0.3, 0.4) is 0 Å². The van der Waals surface area contributed by atoms with Crippen molar-refractivity contribution in [2.75, 3.05) is 24.2 Å². The van der Waals surface area contributed by atoms with E-state index >= 15 is 0 Å². The van der Waals surface area contributed by atoms with Gasteiger partial charge in [0, 0.05) is 17.6 Å². The lowest BCUT2D eigenvalue weighted by molar-refractivity contribution is -0.133. The third-order valence-electron chi connectivity index (χ3n) is 5.47. The van der Waals surface area contributed by atoms with E-state index in [4.69, 9.17) is 21.4 Å². The molecule has 3 rings (SSSR count). The molecule has 1 heterocycles. The number of urea groups is 1. The average molecular weight is 516 g/mol. The summed E-state index contributed by atoms with van der Waals surface area (Å²) in [5, 5.41) is 12.4. The molecule has 0 radical (unpaired) electrons. The van der Waals surface area contributed by atoms with Gasteiger partial charge in [-0.15, -0.1) is 11.8 Å². The van der Waals surface area contributed by atoms with Crippen molar-refractivity contribution < 1.29 is 23.8 Å². The van der Waals surface area contributed by atoms with E-state index in [2.05, 4.69) is 17.2 Å². The van der Waals surface area contributed by atoms with Gasteiger partial charge in [-0.05, 0) is 49.3 Å². The molecule has 1 fully saturated rings. The number of carboxylic acids is 1. The van der Waals surface area contributed by atoms with Crippen molar-refractivity contribution in [2.45, 2.75) is 49.5 Å². The zero-order valence-corrected chi connectivity index (χ0v) is 20.6. The lowest BCUT2D eigenvalue weighted by Crippen LogP contribution is -2.46. The Morgan fingerprint density at radius 3 is 2.82 bits per heavy atom. The van der Waals surface area contributed by atoms with E-state index in [9.17, 15) is 14.0 Å². The quantitative estimate of drug-likeness (QED) is 0.309. The fraction of sp³-hybridized carbons (Fsp3) is 0.500. The van der Waals surface area contributed by atoms with Crippen molar-refractivity contribution in [3.05, 3.63) is 40.8 Å². The first kappa shape index (κ1) is 25.7. The molecule has 11 heteroatoms. The Labute approximate surface area is 205 Å². The second kappa shape index (κ2) is 12.5. The molecule has 1 saturated carbocycles. The minimum Gasteiger partial charge on any atom is -0.481 e. The van der Waals surface area contributed by atoms with E-state index in [-0.39, 0.29) is 24.4 Å². The summed E-state index contributed by atoms with van der Waals surface area (Å²) in [4.78, 5) is 29.8. The van der Waals surface area contributed by atoms with Crippen LogP contribution in [0.4, 0.5) is 14.3 Å². The SMILES string of the molecule is C[C@H]1CC[C@H](N(CCOCc2ccc(F)cc2Cl)C(=O)Nc2ncc(SCC(=O)O)s2)CC1. The van der Waals surface area contributed by atoms with Gasteiger partial charge in [0.05, 0.1) is 29.4 Å². The van der Waals surface area contributed by atoms with Crippen LogP contribution in [0.5, 0.6) is 0 Å². The minimum atomic E-state index is -0.904.